The lowest BCUT2D eigenvalue weighted by molar-refractivity contribution is -0.152. The fourth-order valence-corrected chi connectivity index (χ4v) is 3.94. The van der Waals surface area contributed by atoms with Crippen molar-refractivity contribution in [3.05, 3.63) is 45.8 Å². The van der Waals surface area contributed by atoms with Crippen LogP contribution in [0.3, 0.4) is 0 Å². The summed E-state index contributed by atoms with van der Waals surface area (Å²) >= 11 is 0. The molecule has 0 fully saturated rings. The van der Waals surface area contributed by atoms with Gasteiger partial charge in [0, 0.05) is 20.6 Å². The molecule has 0 spiro atoms. The van der Waals surface area contributed by atoms with E-state index < -0.39 is 5.79 Å². The van der Waals surface area contributed by atoms with E-state index in [9.17, 15) is 0 Å². The molecule has 0 saturated carbocycles. The van der Waals surface area contributed by atoms with Crippen molar-refractivity contribution in [2.24, 2.45) is 0 Å². The summed E-state index contributed by atoms with van der Waals surface area (Å²) in [4.78, 5) is 0. The fraction of sp³-hybridized carbons (Fsp3) is 0.400. The molecule has 114 valence electrons. The van der Waals surface area contributed by atoms with E-state index in [0.717, 1.165) is 6.42 Å². The zero-order valence-electron chi connectivity index (χ0n) is 13.3. The second kappa shape index (κ2) is 5.22. The molecule has 0 aromatic heterocycles. The largest absolute Gasteiger partial charge is 0.349 e. The van der Waals surface area contributed by atoms with E-state index in [0.29, 0.717) is 0 Å². The molecule has 2 heteroatoms. The molecule has 0 radical (unpaired) electrons. The summed E-state index contributed by atoms with van der Waals surface area (Å²) in [6, 6.07) is 9.15. The molecule has 4 rings (SSSR count). The predicted molar refractivity (Wildman–Crippen MR) is 90.1 cm³/mol. The Morgan fingerprint density at radius 3 is 2.50 bits per heavy atom. The van der Waals surface area contributed by atoms with Gasteiger partial charge in [0.1, 0.15) is 0 Å². The van der Waals surface area contributed by atoms with E-state index in [1.54, 1.807) is 19.8 Å². The van der Waals surface area contributed by atoms with Crippen LogP contribution in [0.15, 0.2) is 24.3 Å². The molecule has 2 aromatic rings. The molecule has 0 N–H and O–H groups in total. The van der Waals surface area contributed by atoms with E-state index in [1.807, 2.05) is 0 Å². The van der Waals surface area contributed by atoms with Crippen molar-refractivity contribution in [3.63, 3.8) is 0 Å². The van der Waals surface area contributed by atoms with Gasteiger partial charge >= 0.3 is 0 Å². The maximum atomic E-state index is 5.64. The summed E-state index contributed by atoms with van der Waals surface area (Å²) < 4.78 is 11.3. The average molecular weight is 294 g/mol. The molecular formula is C20H22O2. The first-order chi connectivity index (χ1) is 10.8. The smallest absolute Gasteiger partial charge is 0.191 e. The maximum absolute atomic E-state index is 5.64. The minimum absolute atomic E-state index is 0.628. The van der Waals surface area contributed by atoms with Crippen LogP contribution in [-0.4, -0.2) is 20.0 Å². The Bertz CT molecular complexity index is 844. The first-order valence-electron chi connectivity index (χ1n) is 8.13. The Balaban J connectivity index is 2.05. The summed E-state index contributed by atoms with van der Waals surface area (Å²) in [5.74, 6) is -0.628. The molecule has 0 bridgehead atoms. The van der Waals surface area contributed by atoms with Crippen LogP contribution in [0, 0.1) is 0 Å². The number of aryl methyl sites for hydroxylation is 2. The first-order valence-corrected chi connectivity index (χ1v) is 8.13. The SMILES string of the molecule is COC1(OC)C=c2c(ccc3c4c(ccc23)CCCC4)=CC1. The molecule has 0 amide bonds. The number of hydrogen-bond acceptors (Lipinski definition) is 2. The highest BCUT2D eigenvalue weighted by Gasteiger charge is 2.27. The van der Waals surface area contributed by atoms with Gasteiger partial charge in [-0.05, 0) is 64.1 Å². The molecule has 2 aliphatic carbocycles. The molecule has 0 aliphatic heterocycles. The molecule has 0 saturated heterocycles. The molecule has 2 aromatic carbocycles. The standard InChI is InChI=1S/C20H22O2/c1-21-20(22-2)12-11-15-8-9-17-16-6-4-3-5-14(16)7-10-18(17)19(15)13-20/h7-11,13H,3-6,12H2,1-2H3. The molecule has 2 aliphatic rings. The lowest BCUT2D eigenvalue weighted by Crippen LogP contribution is -2.41. The van der Waals surface area contributed by atoms with Crippen LogP contribution in [0.1, 0.15) is 30.4 Å². The zero-order valence-corrected chi connectivity index (χ0v) is 13.3. The average Bonchev–Trinajstić information content (AvgIpc) is 2.60. The Morgan fingerprint density at radius 2 is 1.68 bits per heavy atom. The quantitative estimate of drug-likeness (QED) is 0.793. The van der Waals surface area contributed by atoms with E-state index in [-0.39, 0.29) is 0 Å². The van der Waals surface area contributed by atoms with Gasteiger partial charge in [-0.2, -0.15) is 0 Å². The molecule has 0 atom stereocenters. The minimum Gasteiger partial charge on any atom is -0.349 e. The number of ether oxygens (including phenoxy) is 2. The minimum atomic E-state index is -0.628. The summed E-state index contributed by atoms with van der Waals surface area (Å²) in [6.07, 6.45) is 10.2. The third-order valence-electron chi connectivity index (χ3n) is 5.27. The van der Waals surface area contributed by atoms with Crippen LogP contribution < -0.4 is 10.4 Å². The van der Waals surface area contributed by atoms with Gasteiger partial charge in [-0.25, -0.2) is 0 Å². The molecule has 0 unspecified atom stereocenters. The normalized spacial score (nSPS) is 19.0. The monoisotopic (exact) mass is 294 g/mol. The Labute approximate surface area is 131 Å². The van der Waals surface area contributed by atoms with Gasteiger partial charge in [0.15, 0.2) is 5.79 Å². The van der Waals surface area contributed by atoms with Gasteiger partial charge in [-0.15, -0.1) is 0 Å². The summed E-state index contributed by atoms with van der Waals surface area (Å²) in [7, 11) is 3.43. The van der Waals surface area contributed by atoms with Crippen LogP contribution in [0.2, 0.25) is 0 Å². The van der Waals surface area contributed by atoms with Crippen molar-refractivity contribution in [1.82, 2.24) is 0 Å². The van der Waals surface area contributed by atoms with Crippen molar-refractivity contribution in [2.75, 3.05) is 14.2 Å². The van der Waals surface area contributed by atoms with Crippen molar-refractivity contribution < 1.29 is 9.47 Å². The Hall–Kier alpha value is -1.64. The molecule has 22 heavy (non-hydrogen) atoms. The highest BCUT2D eigenvalue weighted by molar-refractivity contribution is 5.88. The van der Waals surface area contributed by atoms with Gasteiger partial charge in [0.25, 0.3) is 0 Å². The maximum Gasteiger partial charge on any atom is 0.191 e. The molecular weight excluding hydrogens is 272 g/mol. The Morgan fingerprint density at radius 1 is 0.909 bits per heavy atom. The zero-order chi connectivity index (χ0) is 15.2. The van der Waals surface area contributed by atoms with Crippen molar-refractivity contribution in [2.45, 2.75) is 37.9 Å². The topological polar surface area (TPSA) is 18.5 Å². The summed E-state index contributed by atoms with van der Waals surface area (Å²) in [5, 5.41) is 5.27. The summed E-state index contributed by atoms with van der Waals surface area (Å²) in [5.41, 5.74) is 3.08. The highest BCUT2D eigenvalue weighted by atomic mass is 16.7. The predicted octanol–water partition coefficient (Wildman–Crippen LogP) is 2.67. The van der Waals surface area contributed by atoms with Crippen LogP contribution in [0.25, 0.3) is 22.9 Å². The number of benzene rings is 2. The van der Waals surface area contributed by atoms with Gasteiger partial charge < -0.3 is 9.47 Å². The van der Waals surface area contributed by atoms with Crippen LogP contribution in [0.5, 0.6) is 0 Å². The van der Waals surface area contributed by atoms with E-state index in [2.05, 4.69) is 36.4 Å². The lowest BCUT2D eigenvalue weighted by atomic mass is 9.86. The Kier molecular flexibility index (Phi) is 3.32. The second-order valence-electron chi connectivity index (χ2n) is 6.35. The van der Waals surface area contributed by atoms with Crippen molar-refractivity contribution >= 4 is 22.9 Å². The van der Waals surface area contributed by atoms with Crippen LogP contribution in [0.4, 0.5) is 0 Å². The number of fused-ring (bicyclic) bond motifs is 5. The van der Waals surface area contributed by atoms with E-state index in [1.165, 1.54) is 52.5 Å². The third-order valence-corrected chi connectivity index (χ3v) is 5.27. The van der Waals surface area contributed by atoms with Gasteiger partial charge in [-0.3, -0.25) is 0 Å². The lowest BCUT2D eigenvalue weighted by Gasteiger charge is -2.28. The van der Waals surface area contributed by atoms with Gasteiger partial charge in [-0.1, -0.05) is 30.3 Å². The van der Waals surface area contributed by atoms with E-state index in [4.69, 9.17) is 9.47 Å². The number of methoxy groups -OCH3 is 2. The van der Waals surface area contributed by atoms with Crippen LogP contribution in [-0.2, 0) is 22.3 Å². The number of rotatable bonds is 2. The van der Waals surface area contributed by atoms with Gasteiger partial charge in [0.05, 0.1) is 0 Å². The highest BCUT2D eigenvalue weighted by Crippen LogP contribution is 2.28. The first kappa shape index (κ1) is 14.0. The van der Waals surface area contributed by atoms with Crippen LogP contribution >= 0.6 is 0 Å². The number of hydrogen-bond donors (Lipinski definition) is 0. The molecule has 0 heterocycles. The fourth-order valence-electron chi connectivity index (χ4n) is 3.94. The van der Waals surface area contributed by atoms with Gasteiger partial charge in [0.2, 0.25) is 0 Å². The second-order valence-corrected chi connectivity index (χ2v) is 6.35. The van der Waals surface area contributed by atoms with E-state index >= 15 is 0 Å². The summed E-state index contributed by atoms with van der Waals surface area (Å²) in [6.45, 7) is 0. The van der Waals surface area contributed by atoms with Crippen molar-refractivity contribution in [1.29, 1.82) is 0 Å². The van der Waals surface area contributed by atoms with Crippen molar-refractivity contribution in [3.8, 4) is 0 Å². The molecule has 2 nitrogen and oxygen atoms in total. The third kappa shape index (κ3) is 2.02.